The number of ether oxygens (including phenoxy) is 1. The summed E-state index contributed by atoms with van der Waals surface area (Å²) in [5.41, 5.74) is 8.08. The molecule has 3 N–H and O–H groups in total. The standard InChI is InChI=1S/C16H17FN2O2/c1-3-21-16(20)12-9-11(5-6-14(12)18)19-15-7-4-10(2)8-13(15)17/h4-9,19H,3,18H2,1-2H3. The molecule has 0 aliphatic carbocycles. The Labute approximate surface area is 122 Å². The van der Waals surface area contributed by atoms with Gasteiger partial charge in [0.15, 0.2) is 0 Å². The van der Waals surface area contributed by atoms with Gasteiger partial charge in [-0.2, -0.15) is 0 Å². The van der Waals surface area contributed by atoms with Gasteiger partial charge in [0, 0.05) is 11.4 Å². The number of hydrogen-bond donors (Lipinski definition) is 2. The van der Waals surface area contributed by atoms with Crippen molar-refractivity contribution in [1.82, 2.24) is 0 Å². The molecule has 21 heavy (non-hydrogen) atoms. The van der Waals surface area contributed by atoms with Crippen LogP contribution in [0.3, 0.4) is 0 Å². The van der Waals surface area contributed by atoms with E-state index in [1.165, 1.54) is 6.07 Å². The SMILES string of the molecule is CCOC(=O)c1cc(Nc2ccc(C)cc2F)ccc1N. The topological polar surface area (TPSA) is 64.3 Å². The van der Waals surface area contributed by atoms with Crippen molar-refractivity contribution < 1.29 is 13.9 Å². The number of benzene rings is 2. The number of nitrogen functional groups attached to an aromatic ring is 1. The Bertz CT molecular complexity index is 671. The largest absolute Gasteiger partial charge is 0.462 e. The van der Waals surface area contributed by atoms with Crippen LogP contribution in [0.1, 0.15) is 22.8 Å². The molecule has 2 aromatic rings. The first-order valence-electron chi connectivity index (χ1n) is 6.61. The van der Waals surface area contributed by atoms with Gasteiger partial charge in [-0.15, -0.1) is 0 Å². The van der Waals surface area contributed by atoms with Gasteiger partial charge in [-0.3, -0.25) is 0 Å². The molecule has 0 aliphatic heterocycles. The van der Waals surface area contributed by atoms with Crippen LogP contribution in [0.4, 0.5) is 21.5 Å². The number of carbonyl (C=O) groups is 1. The fourth-order valence-electron chi connectivity index (χ4n) is 1.90. The lowest BCUT2D eigenvalue weighted by atomic mass is 10.1. The average Bonchev–Trinajstić information content (AvgIpc) is 2.44. The molecule has 0 amide bonds. The molecule has 0 unspecified atom stereocenters. The molecule has 5 heteroatoms. The zero-order valence-corrected chi connectivity index (χ0v) is 11.9. The zero-order chi connectivity index (χ0) is 15.4. The lowest BCUT2D eigenvalue weighted by Gasteiger charge is -2.11. The molecule has 0 heterocycles. The Balaban J connectivity index is 2.28. The van der Waals surface area contributed by atoms with Crippen LogP contribution >= 0.6 is 0 Å². The fourth-order valence-corrected chi connectivity index (χ4v) is 1.90. The van der Waals surface area contributed by atoms with Crippen molar-refractivity contribution in [2.75, 3.05) is 17.7 Å². The predicted molar refractivity (Wildman–Crippen MR) is 81.2 cm³/mol. The Morgan fingerprint density at radius 3 is 2.71 bits per heavy atom. The van der Waals surface area contributed by atoms with Gasteiger partial charge in [0.05, 0.1) is 17.9 Å². The van der Waals surface area contributed by atoms with E-state index in [0.717, 1.165) is 5.56 Å². The molecule has 0 radical (unpaired) electrons. The second-order valence-corrected chi connectivity index (χ2v) is 4.63. The molecule has 0 saturated carbocycles. The van der Waals surface area contributed by atoms with Gasteiger partial charge in [-0.1, -0.05) is 6.07 Å². The summed E-state index contributed by atoms with van der Waals surface area (Å²) in [5.74, 6) is -0.854. The van der Waals surface area contributed by atoms with Crippen molar-refractivity contribution in [3.8, 4) is 0 Å². The Hall–Kier alpha value is -2.56. The summed E-state index contributed by atoms with van der Waals surface area (Å²) in [6.07, 6.45) is 0. The molecule has 110 valence electrons. The van der Waals surface area contributed by atoms with Crippen molar-refractivity contribution in [1.29, 1.82) is 0 Å². The van der Waals surface area contributed by atoms with Gasteiger partial charge >= 0.3 is 5.97 Å². The van der Waals surface area contributed by atoms with Crippen molar-refractivity contribution in [2.45, 2.75) is 13.8 Å². The fraction of sp³-hybridized carbons (Fsp3) is 0.188. The lowest BCUT2D eigenvalue weighted by molar-refractivity contribution is 0.0527. The van der Waals surface area contributed by atoms with E-state index in [-0.39, 0.29) is 18.0 Å². The predicted octanol–water partition coefficient (Wildman–Crippen LogP) is 3.64. The third kappa shape index (κ3) is 3.51. The van der Waals surface area contributed by atoms with Crippen LogP contribution in [-0.4, -0.2) is 12.6 Å². The summed E-state index contributed by atoms with van der Waals surface area (Å²) in [7, 11) is 0. The van der Waals surface area contributed by atoms with Crippen LogP contribution in [0, 0.1) is 12.7 Å². The lowest BCUT2D eigenvalue weighted by Crippen LogP contribution is -2.08. The van der Waals surface area contributed by atoms with E-state index in [9.17, 15) is 9.18 Å². The molecule has 4 nitrogen and oxygen atoms in total. The van der Waals surface area contributed by atoms with E-state index in [1.807, 2.05) is 6.92 Å². The smallest absolute Gasteiger partial charge is 0.340 e. The number of esters is 1. The number of anilines is 3. The van der Waals surface area contributed by atoms with Crippen LogP contribution in [0.25, 0.3) is 0 Å². The van der Waals surface area contributed by atoms with Crippen LogP contribution in [0.2, 0.25) is 0 Å². The summed E-state index contributed by atoms with van der Waals surface area (Å²) in [6, 6.07) is 9.69. The first-order chi connectivity index (χ1) is 10.0. The van der Waals surface area contributed by atoms with Gasteiger partial charge in [0.2, 0.25) is 0 Å². The highest BCUT2D eigenvalue weighted by atomic mass is 19.1. The van der Waals surface area contributed by atoms with Crippen molar-refractivity contribution in [2.24, 2.45) is 0 Å². The summed E-state index contributed by atoms with van der Waals surface area (Å²) in [5, 5.41) is 2.93. The van der Waals surface area contributed by atoms with Crippen molar-refractivity contribution >= 4 is 23.0 Å². The number of carbonyl (C=O) groups excluding carboxylic acids is 1. The van der Waals surface area contributed by atoms with Gasteiger partial charge in [0.25, 0.3) is 0 Å². The maximum absolute atomic E-state index is 13.8. The maximum atomic E-state index is 13.8. The first kappa shape index (κ1) is 14.8. The van der Waals surface area contributed by atoms with Gasteiger partial charge in [-0.25, -0.2) is 9.18 Å². The van der Waals surface area contributed by atoms with Crippen LogP contribution in [0.5, 0.6) is 0 Å². The summed E-state index contributed by atoms with van der Waals surface area (Å²) >= 11 is 0. The molecule has 0 fully saturated rings. The van der Waals surface area contributed by atoms with Crippen LogP contribution in [0.15, 0.2) is 36.4 Å². The average molecular weight is 288 g/mol. The molecule has 0 bridgehead atoms. The maximum Gasteiger partial charge on any atom is 0.340 e. The van der Waals surface area contributed by atoms with E-state index in [1.54, 1.807) is 37.3 Å². The third-order valence-corrected chi connectivity index (χ3v) is 2.95. The monoisotopic (exact) mass is 288 g/mol. The molecule has 0 spiro atoms. The number of rotatable bonds is 4. The summed E-state index contributed by atoms with van der Waals surface area (Å²) < 4.78 is 18.7. The third-order valence-electron chi connectivity index (χ3n) is 2.95. The molecule has 2 rings (SSSR count). The number of hydrogen-bond acceptors (Lipinski definition) is 4. The Kier molecular flexibility index (Phi) is 4.42. The highest BCUT2D eigenvalue weighted by Crippen LogP contribution is 2.24. The minimum absolute atomic E-state index is 0.259. The van der Waals surface area contributed by atoms with E-state index in [0.29, 0.717) is 17.1 Å². The Morgan fingerprint density at radius 2 is 2.05 bits per heavy atom. The highest BCUT2D eigenvalue weighted by Gasteiger charge is 2.12. The number of halogens is 1. The normalized spacial score (nSPS) is 10.2. The van der Waals surface area contributed by atoms with Gasteiger partial charge < -0.3 is 15.8 Å². The van der Waals surface area contributed by atoms with E-state index in [4.69, 9.17) is 10.5 Å². The molecule has 0 atom stereocenters. The summed E-state index contributed by atoms with van der Waals surface area (Å²) in [4.78, 5) is 11.8. The Morgan fingerprint density at radius 1 is 1.29 bits per heavy atom. The quantitative estimate of drug-likeness (QED) is 0.666. The van der Waals surface area contributed by atoms with E-state index >= 15 is 0 Å². The second-order valence-electron chi connectivity index (χ2n) is 4.63. The van der Waals surface area contributed by atoms with E-state index < -0.39 is 5.97 Å². The minimum Gasteiger partial charge on any atom is -0.462 e. The van der Waals surface area contributed by atoms with Crippen molar-refractivity contribution in [3.63, 3.8) is 0 Å². The van der Waals surface area contributed by atoms with Crippen LogP contribution < -0.4 is 11.1 Å². The van der Waals surface area contributed by atoms with Crippen molar-refractivity contribution in [3.05, 3.63) is 53.3 Å². The molecule has 0 saturated heterocycles. The van der Waals surface area contributed by atoms with Crippen LogP contribution in [-0.2, 0) is 4.74 Å². The number of nitrogens with one attached hydrogen (secondary N) is 1. The van der Waals surface area contributed by atoms with E-state index in [2.05, 4.69) is 5.32 Å². The summed E-state index contributed by atoms with van der Waals surface area (Å²) in [6.45, 7) is 3.80. The van der Waals surface area contributed by atoms with Gasteiger partial charge in [0.1, 0.15) is 5.82 Å². The molecule has 2 aromatic carbocycles. The van der Waals surface area contributed by atoms with Gasteiger partial charge in [-0.05, 0) is 49.7 Å². The molecule has 0 aromatic heterocycles. The highest BCUT2D eigenvalue weighted by molar-refractivity contribution is 5.96. The molecule has 0 aliphatic rings. The molecular formula is C16H17FN2O2. The first-order valence-corrected chi connectivity index (χ1v) is 6.61. The number of nitrogens with two attached hydrogens (primary N) is 1. The minimum atomic E-state index is -0.497. The zero-order valence-electron chi connectivity index (χ0n) is 11.9. The number of aryl methyl sites for hydroxylation is 1. The molecular weight excluding hydrogens is 271 g/mol. The second kappa shape index (κ2) is 6.26.